The van der Waals surface area contributed by atoms with Gasteiger partial charge in [0, 0.05) is 6.04 Å². The third kappa shape index (κ3) is 6.20. The molecule has 0 aromatic rings. The number of rotatable bonds is 3. The normalized spacial score (nSPS) is 24.9. The van der Waals surface area contributed by atoms with Gasteiger partial charge in [-0.1, -0.05) is 0 Å². The Labute approximate surface area is 108 Å². The molecule has 0 aromatic carbocycles. The summed E-state index contributed by atoms with van der Waals surface area (Å²) in [5.41, 5.74) is -0.536. The average Bonchev–Trinajstić information content (AvgIpc) is 2.44. The molecule has 1 N–H and O–H groups in total. The predicted octanol–water partition coefficient (Wildman–Crippen LogP) is 1.41. The van der Waals surface area contributed by atoms with Crippen LogP contribution in [0.5, 0.6) is 0 Å². The molecule has 0 radical (unpaired) electrons. The summed E-state index contributed by atoms with van der Waals surface area (Å²) in [5.74, 6) is 0. The van der Waals surface area contributed by atoms with Gasteiger partial charge in [-0.05, 0) is 40.0 Å². The van der Waals surface area contributed by atoms with Crippen LogP contribution in [-0.4, -0.2) is 38.5 Å². The van der Waals surface area contributed by atoms with Gasteiger partial charge in [0.1, 0.15) is 5.60 Å². The summed E-state index contributed by atoms with van der Waals surface area (Å²) in [5, 5.41) is 2.72. The van der Waals surface area contributed by atoms with E-state index in [-0.39, 0.29) is 12.1 Å². The molecule has 1 saturated carbocycles. The van der Waals surface area contributed by atoms with E-state index in [4.69, 9.17) is 8.92 Å². The lowest BCUT2D eigenvalue weighted by Crippen LogP contribution is -2.38. The second-order valence-corrected chi connectivity index (χ2v) is 7.18. The third-order valence-corrected chi connectivity index (χ3v) is 3.04. The molecule has 18 heavy (non-hydrogen) atoms. The van der Waals surface area contributed by atoms with Crippen LogP contribution in [-0.2, 0) is 19.0 Å². The quantitative estimate of drug-likeness (QED) is 0.790. The monoisotopic (exact) mass is 279 g/mol. The van der Waals surface area contributed by atoms with Crippen molar-refractivity contribution >= 4 is 16.2 Å². The van der Waals surface area contributed by atoms with Crippen LogP contribution in [0.3, 0.4) is 0 Å². The Kier molecular flexibility index (Phi) is 4.61. The number of carbonyl (C=O) groups excluding carboxylic acids is 1. The molecule has 0 saturated heterocycles. The van der Waals surface area contributed by atoms with Gasteiger partial charge in [0.2, 0.25) is 0 Å². The molecule has 1 aliphatic carbocycles. The Morgan fingerprint density at radius 2 is 1.89 bits per heavy atom. The van der Waals surface area contributed by atoms with Gasteiger partial charge in [-0.15, -0.1) is 0 Å². The smallest absolute Gasteiger partial charge is 0.407 e. The van der Waals surface area contributed by atoms with Crippen LogP contribution in [0.4, 0.5) is 4.79 Å². The fourth-order valence-electron chi connectivity index (χ4n) is 1.88. The number of alkyl carbamates (subject to hydrolysis) is 1. The average molecular weight is 279 g/mol. The van der Waals surface area contributed by atoms with Gasteiger partial charge in [0.15, 0.2) is 0 Å². The summed E-state index contributed by atoms with van der Waals surface area (Å²) in [4.78, 5) is 11.5. The van der Waals surface area contributed by atoms with Crippen LogP contribution in [0.25, 0.3) is 0 Å². The topological polar surface area (TPSA) is 81.7 Å². The number of hydrogen-bond donors (Lipinski definition) is 1. The Morgan fingerprint density at radius 1 is 1.28 bits per heavy atom. The number of ether oxygens (including phenoxy) is 1. The third-order valence-electron chi connectivity index (χ3n) is 2.42. The van der Waals surface area contributed by atoms with Gasteiger partial charge in [-0.2, -0.15) is 8.42 Å². The van der Waals surface area contributed by atoms with Crippen LogP contribution in [0.1, 0.15) is 40.0 Å². The Morgan fingerprint density at radius 3 is 2.39 bits per heavy atom. The molecule has 7 heteroatoms. The summed E-state index contributed by atoms with van der Waals surface area (Å²) >= 11 is 0. The van der Waals surface area contributed by atoms with Crippen molar-refractivity contribution in [2.24, 2.45) is 0 Å². The highest BCUT2D eigenvalue weighted by atomic mass is 32.2. The van der Waals surface area contributed by atoms with Crippen molar-refractivity contribution in [2.45, 2.75) is 57.8 Å². The van der Waals surface area contributed by atoms with Gasteiger partial charge in [-0.25, -0.2) is 4.79 Å². The van der Waals surface area contributed by atoms with Gasteiger partial charge in [-0.3, -0.25) is 4.18 Å². The lowest BCUT2D eigenvalue weighted by Gasteiger charge is -2.21. The molecule has 0 aliphatic heterocycles. The minimum absolute atomic E-state index is 0.0911. The van der Waals surface area contributed by atoms with E-state index in [0.717, 1.165) is 6.26 Å². The first-order chi connectivity index (χ1) is 8.05. The van der Waals surface area contributed by atoms with Crippen LogP contribution in [0.2, 0.25) is 0 Å². The zero-order valence-corrected chi connectivity index (χ0v) is 12.0. The Hall–Kier alpha value is -0.820. The summed E-state index contributed by atoms with van der Waals surface area (Å²) < 4.78 is 32.0. The lowest BCUT2D eigenvalue weighted by molar-refractivity contribution is 0.0503. The number of carbonyl (C=O) groups is 1. The van der Waals surface area contributed by atoms with E-state index in [1.807, 2.05) is 0 Å². The Bertz CT molecular complexity index is 398. The minimum atomic E-state index is -3.43. The standard InChI is InChI=1S/C11H21NO5S/c1-11(2,3)16-10(13)12-8-5-6-9(7-8)17-18(4,14)15/h8-9H,5-7H2,1-4H3,(H,12,13)/t8-,9-/m0/s1. The summed E-state index contributed by atoms with van der Waals surface area (Å²) in [7, 11) is -3.43. The molecule has 1 amide bonds. The highest BCUT2D eigenvalue weighted by Crippen LogP contribution is 2.23. The SMILES string of the molecule is CC(C)(C)OC(=O)N[C@H]1CC[C@H](OS(C)(=O)=O)C1. The van der Waals surface area contributed by atoms with E-state index in [1.165, 1.54) is 0 Å². The van der Waals surface area contributed by atoms with Gasteiger partial charge < -0.3 is 10.1 Å². The molecular formula is C11H21NO5S. The second-order valence-electron chi connectivity index (χ2n) is 5.58. The summed E-state index contributed by atoms with van der Waals surface area (Å²) in [6.07, 6.45) is 2.01. The summed E-state index contributed by atoms with van der Waals surface area (Å²) in [6.45, 7) is 5.37. The highest BCUT2D eigenvalue weighted by molar-refractivity contribution is 7.86. The van der Waals surface area contributed by atoms with Gasteiger partial charge in [0.05, 0.1) is 12.4 Å². The molecule has 1 rings (SSSR count). The van der Waals surface area contributed by atoms with E-state index in [2.05, 4.69) is 5.32 Å². The molecule has 0 spiro atoms. The molecule has 1 fully saturated rings. The maximum absolute atomic E-state index is 11.5. The van der Waals surface area contributed by atoms with E-state index < -0.39 is 21.8 Å². The molecule has 0 aromatic heterocycles. The zero-order valence-electron chi connectivity index (χ0n) is 11.2. The molecule has 0 heterocycles. The van der Waals surface area contributed by atoms with E-state index in [0.29, 0.717) is 19.3 Å². The summed E-state index contributed by atoms with van der Waals surface area (Å²) in [6, 6.07) is -0.0911. The van der Waals surface area contributed by atoms with Crippen molar-refractivity contribution in [3.8, 4) is 0 Å². The number of amides is 1. The number of hydrogen-bond acceptors (Lipinski definition) is 5. The molecule has 6 nitrogen and oxygen atoms in total. The Balaban J connectivity index is 2.37. The van der Waals surface area contributed by atoms with Crippen LogP contribution in [0.15, 0.2) is 0 Å². The zero-order chi connectivity index (χ0) is 14.0. The van der Waals surface area contributed by atoms with E-state index in [1.54, 1.807) is 20.8 Å². The predicted molar refractivity (Wildman–Crippen MR) is 66.7 cm³/mol. The van der Waals surface area contributed by atoms with Gasteiger partial charge in [0.25, 0.3) is 10.1 Å². The fourth-order valence-corrected chi connectivity index (χ4v) is 2.55. The molecule has 106 valence electrons. The molecule has 1 aliphatic rings. The van der Waals surface area contributed by atoms with Crippen molar-refractivity contribution in [2.75, 3.05) is 6.26 Å². The first-order valence-corrected chi connectivity index (χ1v) is 7.74. The minimum Gasteiger partial charge on any atom is -0.444 e. The van der Waals surface area contributed by atoms with E-state index >= 15 is 0 Å². The van der Waals surface area contributed by atoms with Crippen LogP contribution in [0, 0.1) is 0 Å². The van der Waals surface area contributed by atoms with Crippen molar-refractivity contribution in [3.05, 3.63) is 0 Å². The van der Waals surface area contributed by atoms with Crippen molar-refractivity contribution in [3.63, 3.8) is 0 Å². The maximum atomic E-state index is 11.5. The van der Waals surface area contributed by atoms with Crippen molar-refractivity contribution < 1.29 is 22.1 Å². The molecular weight excluding hydrogens is 258 g/mol. The first-order valence-electron chi connectivity index (χ1n) is 5.93. The molecule has 0 unspecified atom stereocenters. The van der Waals surface area contributed by atoms with Crippen LogP contribution >= 0.6 is 0 Å². The second kappa shape index (κ2) is 5.44. The van der Waals surface area contributed by atoms with Crippen molar-refractivity contribution in [1.29, 1.82) is 0 Å². The van der Waals surface area contributed by atoms with Crippen LogP contribution < -0.4 is 5.32 Å². The molecule has 0 bridgehead atoms. The van der Waals surface area contributed by atoms with E-state index in [9.17, 15) is 13.2 Å². The fraction of sp³-hybridized carbons (Fsp3) is 0.909. The largest absolute Gasteiger partial charge is 0.444 e. The van der Waals surface area contributed by atoms with Gasteiger partial charge >= 0.3 is 6.09 Å². The number of nitrogens with one attached hydrogen (secondary N) is 1. The van der Waals surface area contributed by atoms with Crippen molar-refractivity contribution in [1.82, 2.24) is 5.32 Å². The highest BCUT2D eigenvalue weighted by Gasteiger charge is 2.30. The maximum Gasteiger partial charge on any atom is 0.407 e. The lowest BCUT2D eigenvalue weighted by atomic mass is 10.2. The molecule has 2 atom stereocenters. The first kappa shape index (κ1) is 15.2.